The number of anilines is 2. The van der Waals surface area contributed by atoms with Crippen molar-refractivity contribution in [3.05, 3.63) is 41.5 Å². The lowest BCUT2D eigenvalue weighted by Crippen LogP contribution is -2.36. The van der Waals surface area contributed by atoms with Gasteiger partial charge in [0.2, 0.25) is 5.82 Å². The van der Waals surface area contributed by atoms with E-state index < -0.39 is 79.8 Å². The predicted octanol–water partition coefficient (Wildman–Crippen LogP) is 1.25. The average molecular weight is 613 g/mol. The summed E-state index contributed by atoms with van der Waals surface area (Å²) in [6.45, 7) is -2.87. The van der Waals surface area contributed by atoms with E-state index in [0.717, 1.165) is 62.5 Å². The molecule has 0 aliphatic heterocycles. The van der Waals surface area contributed by atoms with Crippen LogP contribution in [-0.2, 0) is 38.1 Å². The van der Waals surface area contributed by atoms with Crippen LogP contribution in [0, 0.1) is 11.6 Å². The molecule has 0 atom stereocenters. The van der Waals surface area contributed by atoms with Crippen LogP contribution < -0.4 is 19.3 Å². The maximum Gasteiger partial charge on any atom is 0.325 e. The van der Waals surface area contributed by atoms with Crippen LogP contribution >= 0.6 is 0 Å². The summed E-state index contributed by atoms with van der Waals surface area (Å²) in [6.07, 6.45) is 0.332. The van der Waals surface area contributed by atoms with E-state index in [1.165, 1.54) is 0 Å². The second-order valence-corrected chi connectivity index (χ2v) is 8.42. The second kappa shape index (κ2) is 16.3. The number of phenols is 1. The number of carbonyl (C=O) groups is 5. The van der Waals surface area contributed by atoms with E-state index >= 15 is 0 Å². The van der Waals surface area contributed by atoms with Crippen molar-refractivity contribution >= 4 is 41.5 Å². The van der Waals surface area contributed by atoms with Gasteiger partial charge >= 0.3 is 23.9 Å². The molecular formula is C27H30F2N2O12. The van der Waals surface area contributed by atoms with Gasteiger partial charge in [0.25, 0.3) is 0 Å². The van der Waals surface area contributed by atoms with Crippen LogP contribution in [0.4, 0.5) is 20.2 Å². The summed E-state index contributed by atoms with van der Waals surface area (Å²) in [7, 11) is 4.45. The first-order chi connectivity index (χ1) is 20.5. The number of carbonyl (C=O) groups excluding carboxylic acids is 5. The highest BCUT2D eigenvalue weighted by molar-refractivity contribution is 5.87. The smallest absolute Gasteiger partial charge is 0.325 e. The second-order valence-electron chi connectivity index (χ2n) is 8.42. The van der Waals surface area contributed by atoms with Crippen LogP contribution in [0.25, 0.3) is 0 Å². The number of nitrogens with zero attached hydrogens (tertiary/aromatic N) is 2. The van der Waals surface area contributed by atoms with Crippen molar-refractivity contribution in [2.75, 3.05) is 77.6 Å². The fourth-order valence-corrected chi connectivity index (χ4v) is 3.57. The van der Waals surface area contributed by atoms with Gasteiger partial charge < -0.3 is 43.3 Å². The van der Waals surface area contributed by atoms with Gasteiger partial charge in [-0.2, -0.15) is 4.39 Å². The molecule has 0 aliphatic rings. The Hall–Kier alpha value is -5.15. The van der Waals surface area contributed by atoms with E-state index in [-0.39, 0.29) is 29.3 Å². The van der Waals surface area contributed by atoms with E-state index in [1.807, 2.05) is 0 Å². The van der Waals surface area contributed by atoms with Crippen LogP contribution in [0.1, 0.15) is 10.4 Å². The molecule has 0 saturated heterocycles. The molecule has 234 valence electrons. The van der Waals surface area contributed by atoms with Gasteiger partial charge in [-0.3, -0.25) is 24.0 Å². The molecule has 16 heteroatoms. The van der Waals surface area contributed by atoms with E-state index in [1.54, 1.807) is 0 Å². The molecule has 2 rings (SSSR count). The Morgan fingerprint density at radius 2 is 1.21 bits per heavy atom. The summed E-state index contributed by atoms with van der Waals surface area (Å²) in [6, 6.07) is 4.07. The van der Waals surface area contributed by atoms with Crippen LogP contribution in [-0.4, -0.2) is 103 Å². The zero-order valence-corrected chi connectivity index (χ0v) is 23.7. The molecule has 0 aliphatic carbocycles. The molecule has 1 N–H and O–H groups in total. The Bertz CT molecular complexity index is 1300. The van der Waals surface area contributed by atoms with Gasteiger partial charge in [0.15, 0.2) is 17.9 Å². The highest BCUT2D eigenvalue weighted by Crippen LogP contribution is 2.36. The molecule has 0 fully saturated rings. The lowest BCUT2D eigenvalue weighted by atomic mass is 10.1. The van der Waals surface area contributed by atoms with Crippen molar-refractivity contribution in [1.82, 2.24) is 0 Å². The van der Waals surface area contributed by atoms with Gasteiger partial charge in [-0.15, -0.1) is 0 Å². The zero-order valence-electron chi connectivity index (χ0n) is 23.7. The van der Waals surface area contributed by atoms with Crippen LogP contribution in [0.3, 0.4) is 0 Å². The third-order valence-corrected chi connectivity index (χ3v) is 5.72. The normalized spacial score (nSPS) is 10.3. The number of benzene rings is 2. The number of ether oxygens (including phenoxy) is 6. The minimum Gasteiger partial charge on any atom is -0.507 e. The Kier molecular flexibility index (Phi) is 12.9. The molecular weight excluding hydrogens is 582 g/mol. The van der Waals surface area contributed by atoms with Gasteiger partial charge in [0.1, 0.15) is 50.9 Å². The van der Waals surface area contributed by atoms with Crippen molar-refractivity contribution in [3.63, 3.8) is 0 Å². The lowest BCUT2D eigenvalue weighted by molar-refractivity contribution is -0.141. The summed E-state index contributed by atoms with van der Waals surface area (Å²) >= 11 is 0. The molecule has 0 spiro atoms. The van der Waals surface area contributed by atoms with Gasteiger partial charge in [-0.05, 0) is 18.2 Å². The molecule has 0 saturated carbocycles. The summed E-state index contributed by atoms with van der Waals surface area (Å²) in [4.78, 5) is 61.5. The zero-order chi connectivity index (χ0) is 32.1. The molecule has 43 heavy (non-hydrogen) atoms. The predicted molar refractivity (Wildman–Crippen MR) is 143 cm³/mol. The fraction of sp³-hybridized carbons (Fsp3) is 0.370. The van der Waals surface area contributed by atoms with Gasteiger partial charge in [-0.25, -0.2) is 4.39 Å². The molecule has 0 heterocycles. The summed E-state index contributed by atoms with van der Waals surface area (Å²) in [5.41, 5.74) is -0.389. The highest BCUT2D eigenvalue weighted by atomic mass is 19.2. The number of aromatic hydroxyl groups is 1. The Morgan fingerprint density at radius 1 is 0.744 bits per heavy atom. The first kappa shape index (κ1) is 34.1. The molecule has 14 nitrogen and oxygen atoms in total. The number of hydrogen-bond acceptors (Lipinski definition) is 14. The molecule has 0 amide bonds. The molecule has 2 aromatic rings. The van der Waals surface area contributed by atoms with Crippen molar-refractivity contribution < 1.29 is 66.3 Å². The number of phenolic OH excluding ortho intramolecular Hbond substituents is 1. The molecule has 0 radical (unpaired) electrons. The van der Waals surface area contributed by atoms with Crippen molar-refractivity contribution in [3.8, 4) is 17.2 Å². The summed E-state index contributed by atoms with van der Waals surface area (Å²) in [5, 5.41) is 10.2. The number of halogens is 2. The third-order valence-electron chi connectivity index (χ3n) is 5.72. The van der Waals surface area contributed by atoms with Crippen LogP contribution in [0.5, 0.6) is 17.2 Å². The largest absolute Gasteiger partial charge is 0.507 e. The first-order valence-electron chi connectivity index (χ1n) is 12.3. The number of aldehydes is 1. The Morgan fingerprint density at radius 3 is 1.67 bits per heavy atom. The number of esters is 4. The fourth-order valence-electron chi connectivity index (χ4n) is 3.57. The van der Waals surface area contributed by atoms with Gasteiger partial charge in [-0.1, -0.05) is 0 Å². The quantitative estimate of drug-likeness (QED) is 0.124. The van der Waals surface area contributed by atoms with Crippen LogP contribution in [0.2, 0.25) is 0 Å². The third kappa shape index (κ3) is 9.44. The van der Waals surface area contributed by atoms with Gasteiger partial charge in [0, 0.05) is 6.07 Å². The lowest BCUT2D eigenvalue weighted by Gasteiger charge is -2.26. The van der Waals surface area contributed by atoms with E-state index in [2.05, 4.69) is 18.9 Å². The highest BCUT2D eigenvalue weighted by Gasteiger charge is 2.25. The summed E-state index contributed by atoms with van der Waals surface area (Å²) in [5.74, 6) is -7.06. The standard InChI is InChI=1S/C27H30F2N2O12/c1-38-22(34)11-30(12-23(35)39-2)18-6-5-17(28)26(29)27(18)43-8-7-42-21-9-16(15-32)20(33)10-19(21)31(13-24(36)40-3)14-25(37)41-4/h5-6,9-10,15,33H,7-8,11-14H2,1-4H3. The molecule has 0 unspecified atom stereocenters. The minimum atomic E-state index is -1.42. The van der Waals surface area contributed by atoms with Crippen molar-refractivity contribution in [2.24, 2.45) is 0 Å². The summed E-state index contributed by atoms with van der Waals surface area (Å²) < 4.78 is 58.7. The monoisotopic (exact) mass is 612 g/mol. The number of hydrogen-bond donors (Lipinski definition) is 1. The average Bonchev–Trinajstić information content (AvgIpc) is 3.00. The van der Waals surface area contributed by atoms with E-state index in [4.69, 9.17) is 9.47 Å². The number of rotatable bonds is 16. The Labute approximate surface area is 244 Å². The van der Waals surface area contributed by atoms with E-state index in [9.17, 15) is 37.9 Å². The van der Waals surface area contributed by atoms with Crippen molar-refractivity contribution in [1.29, 1.82) is 0 Å². The minimum absolute atomic E-state index is 0.0149. The Balaban J connectivity index is 2.38. The molecule has 2 aromatic carbocycles. The first-order valence-corrected chi connectivity index (χ1v) is 12.3. The van der Waals surface area contributed by atoms with Crippen molar-refractivity contribution in [2.45, 2.75) is 0 Å². The number of methoxy groups -OCH3 is 4. The topological polar surface area (TPSA) is 167 Å². The van der Waals surface area contributed by atoms with Gasteiger partial charge in [0.05, 0.1) is 45.4 Å². The molecule has 0 bridgehead atoms. The molecule has 0 aromatic heterocycles. The maximum atomic E-state index is 14.9. The van der Waals surface area contributed by atoms with Crippen LogP contribution in [0.15, 0.2) is 24.3 Å². The SMILES string of the molecule is COC(=O)CN(CC(=O)OC)c1cc(O)c(C=O)cc1OCCOc1c(N(CC(=O)OC)CC(=O)OC)ccc(F)c1F. The maximum absolute atomic E-state index is 14.9. The van der Waals surface area contributed by atoms with E-state index in [0.29, 0.717) is 6.29 Å².